The van der Waals surface area contributed by atoms with Gasteiger partial charge in [-0.3, -0.25) is 4.98 Å². The first-order valence-electron chi connectivity index (χ1n) is 7.17. The van der Waals surface area contributed by atoms with Crippen LogP contribution in [-0.2, 0) is 6.42 Å². The van der Waals surface area contributed by atoms with Crippen molar-refractivity contribution in [2.45, 2.75) is 47.0 Å². The fourth-order valence-electron chi connectivity index (χ4n) is 2.79. The highest BCUT2D eigenvalue weighted by molar-refractivity contribution is 5.41. The maximum atomic E-state index is 5.50. The number of nitrogens with one attached hydrogen (secondary N) is 1. The summed E-state index contributed by atoms with van der Waals surface area (Å²) in [6.07, 6.45) is 5.24. The molecule has 0 amide bonds. The van der Waals surface area contributed by atoms with E-state index in [2.05, 4.69) is 31.1 Å². The first-order valence-corrected chi connectivity index (χ1v) is 7.17. The van der Waals surface area contributed by atoms with Crippen molar-refractivity contribution in [2.75, 3.05) is 20.7 Å². The van der Waals surface area contributed by atoms with Gasteiger partial charge in [-0.15, -0.1) is 0 Å². The SMILES string of the molecule is CCC(CC)(CNC)Cc1ncc(C)c(OC)c1C. The van der Waals surface area contributed by atoms with Gasteiger partial charge in [-0.25, -0.2) is 0 Å². The second kappa shape index (κ2) is 6.90. The molecule has 108 valence electrons. The highest BCUT2D eigenvalue weighted by atomic mass is 16.5. The van der Waals surface area contributed by atoms with Gasteiger partial charge < -0.3 is 10.1 Å². The molecule has 1 rings (SSSR count). The Morgan fingerprint density at radius 3 is 2.37 bits per heavy atom. The van der Waals surface area contributed by atoms with Gasteiger partial charge in [0.2, 0.25) is 0 Å². The Hall–Kier alpha value is -1.09. The molecule has 0 saturated heterocycles. The summed E-state index contributed by atoms with van der Waals surface area (Å²) >= 11 is 0. The lowest BCUT2D eigenvalue weighted by molar-refractivity contribution is 0.249. The molecule has 1 aromatic rings. The zero-order chi connectivity index (χ0) is 14.5. The van der Waals surface area contributed by atoms with E-state index in [1.165, 1.54) is 11.3 Å². The van der Waals surface area contributed by atoms with Crippen molar-refractivity contribution in [2.24, 2.45) is 5.41 Å². The van der Waals surface area contributed by atoms with Crippen LogP contribution in [0.5, 0.6) is 5.75 Å². The molecular formula is C16H28N2O. The van der Waals surface area contributed by atoms with Crippen molar-refractivity contribution in [3.63, 3.8) is 0 Å². The monoisotopic (exact) mass is 264 g/mol. The van der Waals surface area contributed by atoms with Crippen molar-refractivity contribution in [3.8, 4) is 5.75 Å². The molecule has 0 aliphatic rings. The average molecular weight is 264 g/mol. The van der Waals surface area contributed by atoms with Gasteiger partial charge >= 0.3 is 0 Å². The maximum absolute atomic E-state index is 5.50. The second-order valence-electron chi connectivity index (χ2n) is 5.46. The first kappa shape index (κ1) is 16.0. The molecule has 0 unspecified atom stereocenters. The van der Waals surface area contributed by atoms with Crippen LogP contribution in [0.4, 0.5) is 0 Å². The minimum absolute atomic E-state index is 0.285. The highest BCUT2D eigenvalue weighted by Gasteiger charge is 2.27. The van der Waals surface area contributed by atoms with E-state index in [0.29, 0.717) is 0 Å². The van der Waals surface area contributed by atoms with E-state index in [-0.39, 0.29) is 5.41 Å². The third kappa shape index (κ3) is 3.47. The van der Waals surface area contributed by atoms with Crippen LogP contribution in [0.3, 0.4) is 0 Å². The molecule has 0 saturated carbocycles. The van der Waals surface area contributed by atoms with E-state index in [4.69, 9.17) is 4.74 Å². The fourth-order valence-corrected chi connectivity index (χ4v) is 2.79. The molecule has 0 aliphatic carbocycles. The van der Waals surface area contributed by atoms with Crippen LogP contribution in [0, 0.1) is 19.3 Å². The third-order valence-corrected chi connectivity index (χ3v) is 4.34. The summed E-state index contributed by atoms with van der Waals surface area (Å²) < 4.78 is 5.50. The highest BCUT2D eigenvalue weighted by Crippen LogP contribution is 2.33. The van der Waals surface area contributed by atoms with Gasteiger partial charge in [0.05, 0.1) is 7.11 Å². The maximum Gasteiger partial charge on any atom is 0.128 e. The summed E-state index contributed by atoms with van der Waals surface area (Å²) in [4.78, 5) is 4.64. The molecule has 0 radical (unpaired) electrons. The standard InChI is InChI=1S/C16H28N2O/c1-7-16(8-2,11-17-5)9-14-13(4)15(19-6)12(3)10-18-14/h10,17H,7-9,11H2,1-6H3. The molecule has 3 heteroatoms. The molecule has 0 atom stereocenters. The fraction of sp³-hybridized carbons (Fsp3) is 0.688. The largest absolute Gasteiger partial charge is 0.496 e. The Labute approximate surface area is 117 Å². The number of aromatic nitrogens is 1. The smallest absolute Gasteiger partial charge is 0.128 e. The Morgan fingerprint density at radius 2 is 1.89 bits per heavy atom. The quantitative estimate of drug-likeness (QED) is 0.820. The predicted molar refractivity (Wildman–Crippen MR) is 80.9 cm³/mol. The van der Waals surface area contributed by atoms with Crippen LogP contribution in [0.15, 0.2) is 6.20 Å². The predicted octanol–water partition coefficient (Wildman–Crippen LogP) is 3.28. The van der Waals surface area contributed by atoms with Crippen LogP contribution in [-0.4, -0.2) is 25.7 Å². The topological polar surface area (TPSA) is 34.2 Å². The number of aryl methyl sites for hydroxylation is 1. The van der Waals surface area contributed by atoms with Gasteiger partial charge in [-0.1, -0.05) is 13.8 Å². The van der Waals surface area contributed by atoms with Gasteiger partial charge in [0.25, 0.3) is 0 Å². The van der Waals surface area contributed by atoms with Crippen LogP contribution in [0.25, 0.3) is 0 Å². The second-order valence-corrected chi connectivity index (χ2v) is 5.46. The molecule has 0 spiro atoms. The summed E-state index contributed by atoms with van der Waals surface area (Å²) in [5, 5.41) is 3.33. The number of methoxy groups -OCH3 is 1. The number of pyridine rings is 1. The average Bonchev–Trinajstić information content (AvgIpc) is 2.42. The van der Waals surface area contributed by atoms with Crippen molar-refractivity contribution < 1.29 is 4.74 Å². The van der Waals surface area contributed by atoms with Crippen molar-refractivity contribution in [3.05, 3.63) is 23.0 Å². The Morgan fingerprint density at radius 1 is 1.26 bits per heavy atom. The first-order chi connectivity index (χ1) is 9.03. The normalized spacial score (nSPS) is 11.7. The Balaban J connectivity index is 3.10. The van der Waals surface area contributed by atoms with E-state index in [9.17, 15) is 0 Å². The lowest BCUT2D eigenvalue weighted by atomic mass is 9.77. The molecule has 0 aliphatic heterocycles. The summed E-state index contributed by atoms with van der Waals surface area (Å²) in [6, 6.07) is 0. The van der Waals surface area contributed by atoms with E-state index < -0.39 is 0 Å². The summed E-state index contributed by atoms with van der Waals surface area (Å²) in [5.41, 5.74) is 3.74. The van der Waals surface area contributed by atoms with E-state index >= 15 is 0 Å². The van der Waals surface area contributed by atoms with Gasteiger partial charge in [-0.2, -0.15) is 0 Å². The minimum Gasteiger partial charge on any atom is -0.496 e. The van der Waals surface area contributed by atoms with E-state index in [1.54, 1.807) is 7.11 Å². The van der Waals surface area contributed by atoms with Crippen LogP contribution >= 0.6 is 0 Å². The van der Waals surface area contributed by atoms with Gasteiger partial charge in [0, 0.05) is 29.6 Å². The molecule has 3 nitrogen and oxygen atoms in total. The number of hydrogen-bond acceptors (Lipinski definition) is 3. The Bertz CT molecular complexity index is 411. The summed E-state index contributed by atoms with van der Waals surface area (Å²) in [6.45, 7) is 9.72. The molecule has 0 fully saturated rings. The molecule has 1 heterocycles. The molecule has 1 aromatic heterocycles. The number of nitrogens with zero attached hydrogens (tertiary/aromatic N) is 1. The molecule has 1 N–H and O–H groups in total. The van der Waals surface area contributed by atoms with Gasteiger partial charge in [0.1, 0.15) is 5.75 Å². The number of rotatable bonds is 7. The lowest BCUT2D eigenvalue weighted by Gasteiger charge is -2.32. The molecule has 0 bridgehead atoms. The van der Waals surface area contributed by atoms with Gasteiger partial charge in [0.15, 0.2) is 0 Å². The zero-order valence-corrected chi connectivity index (χ0v) is 13.3. The van der Waals surface area contributed by atoms with Crippen molar-refractivity contribution >= 4 is 0 Å². The lowest BCUT2D eigenvalue weighted by Crippen LogP contribution is -2.34. The number of hydrogen-bond donors (Lipinski definition) is 1. The van der Waals surface area contributed by atoms with E-state index in [1.807, 2.05) is 20.2 Å². The van der Waals surface area contributed by atoms with Crippen LogP contribution < -0.4 is 10.1 Å². The molecule has 19 heavy (non-hydrogen) atoms. The third-order valence-electron chi connectivity index (χ3n) is 4.34. The molecule has 0 aromatic carbocycles. The van der Waals surface area contributed by atoms with Crippen LogP contribution in [0.2, 0.25) is 0 Å². The van der Waals surface area contributed by atoms with E-state index in [0.717, 1.165) is 37.1 Å². The van der Waals surface area contributed by atoms with Crippen LogP contribution in [0.1, 0.15) is 43.5 Å². The number of ether oxygens (including phenoxy) is 1. The molecular weight excluding hydrogens is 236 g/mol. The summed E-state index contributed by atoms with van der Waals surface area (Å²) in [7, 11) is 3.76. The summed E-state index contributed by atoms with van der Waals surface area (Å²) in [5.74, 6) is 0.982. The Kier molecular flexibility index (Phi) is 5.80. The van der Waals surface area contributed by atoms with Crippen molar-refractivity contribution in [1.82, 2.24) is 10.3 Å². The zero-order valence-electron chi connectivity index (χ0n) is 13.3. The van der Waals surface area contributed by atoms with Crippen molar-refractivity contribution in [1.29, 1.82) is 0 Å². The minimum atomic E-state index is 0.285. The van der Waals surface area contributed by atoms with Gasteiger partial charge in [-0.05, 0) is 45.6 Å².